The van der Waals surface area contributed by atoms with Crippen molar-refractivity contribution >= 4 is 32.7 Å². The highest BCUT2D eigenvalue weighted by molar-refractivity contribution is 7.92. The minimum atomic E-state index is -3.63. The summed E-state index contributed by atoms with van der Waals surface area (Å²) in [6.07, 6.45) is 2.04. The van der Waals surface area contributed by atoms with E-state index in [-0.39, 0.29) is 34.4 Å². The van der Waals surface area contributed by atoms with Crippen LogP contribution in [-0.4, -0.2) is 35.9 Å². The van der Waals surface area contributed by atoms with Gasteiger partial charge in [0.25, 0.3) is 5.56 Å². The first-order chi connectivity index (χ1) is 20.2. The molecule has 4 aromatic rings. The molecule has 1 amide bonds. The van der Waals surface area contributed by atoms with Gasteiger partial charge in [0.1, 0.15) is 11.4 Å². The van der Waals surface area contributed by atoms with E-state index < -0.39 is 45.0 Å². The number of carbonyl (C=O) groups excluding carboxylic acids is 1. The lowest BCUT2D eigenvalue weighted by Gasteiger charge is -2.26. The lowest BCUT2D eigenvalue weighted by molar-refractivity contribution is 0.0500. The van der Waals surface area contributed by atoms with Crippen molar-refractivity contribution in [3.63, 3.8) is 0 Å². The Hall–Kier alpha value is -4.32. The molecule has 1 aromatic heterocycles. The summed E-state index contributed by atoms with van der Waals surface area (Å²) in [5.74, 6) is -1.67. The molecule has 0 spiro atoms. The van der Waals surface area contributed by atoms with Gasteiger partial charge in [0, 0.05) is 6.42 Å². The van der Waals surface area contributed by atoms with Crippen LogP contribution in [0.4, 0.5) is 19.3 Å². The Labute approximate surface area is 248 Å². The second-order valence-electron chi connectivity index (χ2n) is 11.7. The molecule has 1 atom stereocenters. The number of rotatable bonds is 8. The number of fused-ring (bicyclic) bond motifs is 1. The monoisotopic (exact) mass is 610 g/mol. The third kappa shape index (κ3) is 7.19. The summed E-state index contributed by atoms with van der Waals surface area (Å²) >= 11 is 0. The molecule has 1 saturated carbocycles. The highest BCUT2D eigenvalue weighted by Crippen LogP contribution is 2.40. The Kier molecular flexibility index (Phi) is 7.99. The van der Waals surface area contributed by atoms with Crippen LogP contribution in [0.5, 0.6) is 0 Å². The number of hydrogen-bond donors (Lipinski definition) is 2. The van der Waals surface area contributed by atoms with Crippen molar-refractivity contribution in [3.8, 4) is 5.69 Å². The second-order valence-corrected chi connectivity index (χ2v) is 13.4. The molecule has 1 fully saturated rings. The number of sulfonamides is 1. The minimum absolute atomic E-state index is 0.0164. The molecule has 0 unspecified atom stereocenters. The average molecular weight is 611 g/mol. The Bertz CT molecular complexity index is 1860. The van der Waals surface area contributed by atoms with Crippen LogP contribution in [0.25, 0.3) is 16.6 Å². The van der Waals surface area contributed by atoms with Gasteiger partial charge >= 0.3 is 6.09 Å². The Balaban J connectivity index is 1.72. The average Bonchev–Trinajstić information content (AvgIpc) is 3.74. The number of anilines is 1. The van der Waals surface area contributed by atoms with Crippen molar-refractivity contribution < 1.29 is 26.7 Å². The van der Waals surface area contributed by atoms with Crippen LogP contribution in [0.15, 0.2) is 65.5 Å². The van der Waals surface area contributed by atoms with Crippen LogP contribution in [0.3, 0.4) is 0 Å². The van der Waals surface area contributed by atoms with Gasteiger partial charge in [0.2, 0.25) is 10.0 Å². The third-order valence-electron chi connectivity index (χ3n) is 6.86. The quantitative estimate of drug-likeness (QED) is 0.263. The van der Waals surface area contributed by atoms with Crippen LogP contribution >= 0.6 is 0 Å². The number of benzene rings is 3. The molecule has 0 bridgehead atoms. The van der Waals surface area contributed by atoms with Gasteiger partial charge in [-0.3, -0.25) is 14.1 Å². The van der Waals surface area contributed by atoms with Crippen LogP contribution in [0, 0.1) is 11.6 Å². The number of alkyl carbamates (subject to hydrolysis) is 1. The summed E-state index contributed by atoms with van der Waals surface area (Å²) in [6.45, 7) is 5.03. The van der Waals surface area contributed by atoms with Gasteiger partial charge in [-0.15, -0.1) is 0 Å². The summed E-state index contributed by atoms with van der Waals surface area (Å²) in [5.41, 5.74) is 0.462. The van der Waals surface area contributed by atoms with Crippen molar-refractivity contribution in [1.29, 1.82) is 0 Å². The number of aromatic nitrogens is 2. The van der Waals surface area contributed by atoms with Crippen molar-refractivity contribution in [1.82, 2.24) is 14.9 Å². The molecule has 5 rings (SSSR count). The predicted octanol–water partition coefficient (Wildman–Crippen LogP) is 5.72. The van der Waals surface area contributed by atoms with Gasteiger partial charge in [-0.25, -0.2) is 27.0 Å². The van der Waals surface area contributed by atoms with Gasteiger partial charge in [-0.05, 0) is 87.1 Å². The zero-order valence-electron chi connectivity index (χ0n) is 24.1. The van der Waals surface area contributed by atoms with Crippen LogP contribution in [0.2, 0.25) is 0 Å². The first-order valence-corrected chi connectivity index (χ1v) is 15.6. The Morgan fingerprint density at radius 3 is 2.42 bits per heavy atom. The maximum absolute atomic E-state index is 14.9. The van der Waals surface area contributed by atoms with Crippen molar-refractivity contribution in [2.24, 2.45) is 0 Å². The molecule has 1 aliphatic rings. The Morgan fingerprint density at radius 1 is 1.09 bits per heavy atom. The SMILES string of the molecule is CC(C)(C)OC(=O)N[C@@H](Cc1cccc(F)c1F)c1nc2cc(NS(C)(=O)=O)ccc2c(=O)n1-c1ccc(C2CC2)cc1. The summed E-state index contributed by atoms with van der Waals surface area (Å²) in [4.78, 5) is 31.8. The highest BCUT2D eigenvalue weighted by atomic mass is 32.2. The number of ether oxygens (including phenoxy) is 1. The molecule has 12 heteroatoms. The van der Waals surface area contributed by atoms with Gasteiger partial charge in [0.05, 0.1) is 34.6 Å². The number of halogens is 2. The van der Waals surface area contributed by atoms with Crippen LogP contribution in [-0.2, 0) is 21.2 Å². The molecular weight excluding hydrogens is 578 g/mol. The molecule has 1 heterocycles. The van der Waals surface area contributed by atoms with E-state index in [1.807, 2.05) is 12.1 Å². The number of carbonyl (C=O) groups is 1. The first kappa shape index (κ1) is 30.1. The maximum atomic E-state index is 14.9. The van der Waals surface area contributed by atoms with Gasteiger partial charge in [0.15, 0.2) is 11.6 Å². The van der Waals surface area contributed by atoms with Crippen molar-refractivity contribution in [3.05, 3.63) is 99.6 Å². The van der Waals surface area contributed by atoms with Gasteiger partial charge < -0.3 is 10.1 Å². The van der Waals surface area contributed by atoms with E-state index >= 15 is 0 Å². The fourth-order valence-electron chi connectivity index (χ4n) is 4.86. The number of hydrogen-bond acceptors (Lipinski definition) is 6. The van der Waals surface area contributed by atoms with E-state index in [2.05, 4.69) is 10.0 Å². The van der Waals surface area contributed by atoms with Gasteiger partial charge in [-0.2, -0.15) is 0 Å². The van der Waals surface area contributed by atoms with Crippen molar-refractivity contribution in [2.45, 2.75) is 57.6 Å². The lowest BCUT2D eigenvalue weighted by atomic mass is 10.0. The normalized spacial score (nSPS) is 14.4. The molecular formula is C31H32F2N4O5S. The molecule has 226 valence electrons. The summed E-state index contributed by atoms with van der Waals surface area (Å²) < 4.78 is 62.0. The minimum Gasteiger partial charge on any atom is -0.444 e. The van der Waals surface area contributed by atoms with E-state index in [0.717, 1.165) is 30.7 Å². The standard InChI is InChI=1S/C31H32F2N4O5S/c1-31(2,3)42-30(39)35-26(16-20-6-5-7-24(32)27(20)33)28-34-25-17-21(36-43(4,40)41)12-15-23(25)29(38)37(28)22-13-10-19(11-14-22)18-8-9-18/h5-7,10-15,17-18,26,36H,8-9,16H2,1-4H3,(H,35,39)/t26-/m0/s1. The Morgan fingerprint density at radius 2 is 1.79 bits per heavy atom. The zero-order valence-corrected chi connectivity index (χ0v) is 25.0. The van der Waals surface area contributed by atoms with E-state index in [9.17, 15) is 26.8 Å². The predicted molar refractivity (Wildman–Crippen MR) is 160 cm³/mol. The summed E-state index contributed by atoms with van der Waals surface area (Å²) in [7, 11) is -3.63. The maximum Gasteiger partial charge on any atom is 0.408 e. The molecule has 0 saturated heterocycles. The fraction of sp³-hybridized carbons (Fsp3) is 0.323. The van der Waals surface area contributed by atoms with E-state index in [0.29, 0.717) is 11.6 Å². The summed E-state index contributed by atoms with van der Waals surface area (Å²) in [6, 6.07) is 14.3. The molecule has 0 radical (unpaired) electrons. The molecule has 9 nitrogen and oxygen atoms in total. The van der Waals surface area contributed by atoms with Crippen LogP contribution in [0.1, 0.15) is 62.5 Å². The number of nitrogens with one attached hydrogen (secondary N) is 2. The number of nitrogens with zero attached hydrogens (tertiary/aromatic N) is 2. The van der Waals surface area contributed by atoms with Crippen molar-refractivity contribution in [2.75, 3.05) is 11.0 Å². The third-order valence-corrected chi connectivity index (χ3v) is 7.46. The first-order valence-electron chi connectivity index (χ1n) is 13.8. The molecule has 1 aliphatic carbocycles. The molecule has 2 N–H and O–H groups in total. The van der Waals surface area contributed by atoms with E-state index in [4.69, 9.17) is 9.72 Å². The van der Waals surface area contributed by atoms with Gasteiger partial charge in [-0.1, -0.05) is 24.3 Å². The largest absolute Gasteiger partial charge is 0.444 e. The molecule has 3 aromatic carbocycles. The van der Waals surface area contributed by atoms with Crippen LogP contribution < -0.4 is 15.6 Å². The molecule has 0 aliphatic heterocycles. The topological polar surface area (TPSA) is 119 Å². The highest BCUT2D eigenvalue weighted by Gasteiger charge is 2.28. The zero-order chi connectivity index (χ0) is 31.1. The fourth-order valence-corrected chi connectivity index (χ4v) is 5.41. The summed E-state index contributed by atoms with van der Waals surface area (Å²) in [5, 5.41) is 2.88. The lowest BCUT2D eigenvalue weighted by Crippen LogP contribution is -2.39. The number of amides is 1. The molecule has 43 heavy (non-hydrogen) atoms. The second kappa shape index (κ2) is 11.4. The van der Waals surface area contributed by atoms with E-state index in [1.54, 1.807) is 32.9 Å². The van der Waals surface area contributed by atoms with E-state index in [1.165, 1.54) is 34.9 Å². The smallest absolute Gasteiger partial charge is 0.408 e.